The van der Waals surface area contributed by atoms with Crippen LogP contribution in [-0.2, 0) is 11.3 Å². The van der Waals surface area contributed by atoms with Crippen molar-refractivity contribution < 1.29 is 9.53 Å². The van der Waals surface area contributed by atoms with E-state index in [2.05, 4.69) is 0 Å². The average molecular weight is 262 g/mol. The summed E-state index contributed by atoms with van der Waals surface area (Å²) in [6, 6.07) is 23.2. The molecule has 2 nitrogen and oxygen atoms in total. The Morgan fingerprint density at radius 2 is 1.50 bits per heavy atom. The molecular weight excluding hydrogens is 248 g/mol. The van der Waals surface area contributed by atoms with Crippen molar-refractivity contribution in [1.29, 1.82) is 0 Å². The quantitative estimate of drug-likeness (QED) is 0.661. The summed E-state index contributed by atoms with van der Waals surface area (Å²) in [5, 5.41) is 1.97. The summed E-state index contributed by atoms with van der Waals surface area (Å²) in [5.74, 6) is -0.286. The number of hydrogen-bond acceptors (Lipinski definition) is 2. The third-order valence-electron chi connectivity index (χ3n) is 3.22. The van der Waals surface area contributed by atoms with Crippen molar-refractivity contribution in [2.75, 3.05) is 0 Å². The highest BCUT2D eigenvalue weighted by Gasteiger charge is 2.10. The fourth-order valence-corrected chi connectivity index (χ4v) is 2.20. The van der Waals surface area contributed by atoms with Gasteiger partial charge in [0.1, 0.15) is 6.61 Å². The average Bonchev–Trinajstić information content (AvgIpc) is 2.53. The smallest absolute Gasteiger partial charge is 0.339 e. The second-order valence-electron chi connectivity index (χ2n) is 4.59. The van der Waals surface area contributed by atoms with Crippen molar-refractivity contribution in [3.8, 4) is 0 Å². The third-order valence-corrected chi connectivity index (χ3v) is 3.22. The number of esters is 1. The van der Waals surface area contributed by atoms with Crippen LogP contribution in [0.3, 0.4) is 0 Å². The van der Waals surface area contributed by atoms with E-state index in [9.17, 15) is 4.79 Å². The SMILES string of the molecule is O=C(OCc1ccccc1)c1cccc2ccccc12. The zero-order valence-corrected chi connectivity index (χ0v) is 11.0. The first-order chi connectivity index (χ1) is 9.84. The molecule has 20 heavy (non-hydrogen) atoms. The molecule has 0 heterocycles. The Kier molecular flexibility index (Phi) is 3.46. The lowest BCUT2D eigenvalue weighted by molar-refractivity contribution is 0.0475. The minimum Gasteiger partial charge on any atom is -0.457 e. The second-order valence-corrected chi connectivity index (χ2v) is 4.59. The maximum absolute atomic E-state index is 12.2. The van der Waals surface area contributed by atoms with Gasteiger partial charge in [0.2, 0.25) is 0 Å². The van der Waals surface area contributed by atoms with Crippen molar-refractivity contribution in [2.24, 2.45) is 0 Å². The van der Waals surface area contributed by atoms with E-state index in [0.717, 1.165) is 16.3 Å². The van der Waals surface area contributed by atoms with Gasteiger partial charge in [0.05, 0.1) is 5.56 Å². The van der Waals surface area contributed by atoms with E-state index in [1.807, 2.05) is 66.7 Å². The van der Waals surface area contributed by atoms with E-state index in [-0.39, 0.29) is 5.97 Å². The highest BCUT2D eigenvalue weighted by Crippen LogP contribution is 2.19. The van der Waals surface area contributed by atoms with E-state index >= 15 is 0 Å². The van der Waals surface area contributed by atoms with Gasteiger partial charge in [0.25, 0.3) is 0 Å². The lowest BCUT2D eigenvalue weighted by atomic mass is 10.0. The Hall–Kier alpha value is -2.61. The monoisotopic (exact) mass is 262 g/mol. The van der Waals surface area contributed by atoms with Crippen LogP contribution in [0.5, 0.6) is 0 Å². The Balaban J connectivity index is 1.82. The maximum Gasteiger partial charge on any atom is 0.339 e. The molecule has 2 heteroatoms. The zero-order valence-electron chi connectivity index (χ0n) is 11.0. The Morgan fingerprint density at radius 3 is 2.35 bits per heavy atom. The largest absolute Gasteiger partial charge is 0.457 e. The highest BCUT2D eigenvalue weighted by molar-refractivity contribution is 6.04. The van der Waals surface area contributed by atoms with E-state index < -0.39 is 0 Å². The van der Waals surface area contributed by atoms with Gasteiger partial charge in [-0.25, -0.2) is 4.79 Å². The van der Waals surface area contributed by atoms with Gasteiger partial charge in [-0.15, -0.1) is 0 Å². The fourth-order valence-electron chi connectivity index (χ4n) is 2.20. The molecule has 0 saturated carbocycles. The Labute approximate surface area is 117 Å². The number of hydrogen-bond donors (Lipinski definition) is 0. The van der Waals surface area contributed by atoms with Crippen LogP contribution in [0.25, 0.3) is 10.8 Å². The van der Waals surface area contributed by atoms with Crippen molar-refractivity contribution in [2.45, 2.75) is 6.61 Å². The molecule has 0 amide bonds. The van der Waals surface area contributed by atoms with Crippen LogP contribution in [0.15, 0.2) is 72.8 Å². The third kappa shape index (κ3) is 2.54. The molecule has 0 spiro atoms. The molecule has 0 aliphatic heterocycles. The molecule has 3 rings (SSSR count). The van der Waals surface area contributed by atoms with Crippen molar-refractivity contribution >= 4 is 16.7 Å². The van der Waals surface area contributed by atoms with Gasteiger partial charge in [-0.3, -0.25) is 0 Å². The number of carbonyl (C=O) groups excluding carboxylic acids is 1. The summed E-state index contributed by atoms with van der Waals surface area (Å²) in [6.45, 7) is 0.295. The molecule has 98 valence electrons. The van der Waals surface area contributed by atoms with Gasteiger partial charge in [-0.05, 0) is 22.4 Å². The molecule has 3 aromatic carbocycles. The van der Waals surface area contributed by atoms with E-state index in [1.54, 1.807) is 6.07 Å². The number of fused-ring (bicyclic) bond motifs is 1. The Bertz CT molecular complexity index is 727. The molecule has 0 bridgehead atoms. The summed E-state index contributed by atoms with van der Waals surface area (Å²) >= 11 is 0. The molecular formula is C18H14O2. The molecule has 0 unspecified atom stereocenters. The van der Waals surface area contributed by atoms with E-state index in [1.165, 1.54) is 0 Å². The predicted molar refractivity (Wildman–Crippen MR) is 79.5 cm³/mol. The predicted octanol–water partition coefficient (Wildman–Crippen LogP) is 4.20. The number of ether oxygens (including phenoxy) is 1. The second kappa shape index (κ2) is 5.57. The minimum absolute atomic E-state index is 0.286. The summed E-state index contributed by atoms with van der Waals surface area (Å²) < 4.78 is 5.38. The van der Waals surface area contributed by atoms with Crippen LogP contribution in [0.4, 0.5) is 0 Å². The molecule has 0 aliphatic carbocycles. The van der Waals surface area contributed by atoms with Gasteiger partial charge in [-0.1, -0.05) is 66.7 Å². The van der Waals surface area contributed by atoms with Crippen molar-refractivity contribution in [1.82, 2.24) is 0 Å². The standard InChI is InChI=1S/C18H14O2/c19-18(20-13-14-7-2-1-3-8-14)17-12-6-10-15-9-4-5-11-16(15)17/h1-12H,13H2. The lowest BCUT2D eigenvalue weighted by Gasteiger charge is -2.07. The maximum atomic E-state index is 12.2. The van der Waals surface area contributed by atoms with Crippen molar-refractivity contribution in [3.05, 3.63) is 83.9 Å². The first kappa shape index (κ1) is 12.4. The van der Waals surface area contributed by atoms with Gasteiger partial charge in [-0.2, -0.15) is 0 Å². The van der Waals surface area contributed by atoms with Gasteiger partial charge < -0.3 is 4.74 Å². The van der Waals surface area contributed by atoms with Crippen LogP contribution >= 0.6 is 0 Å². The van der Waals surface area contributed by atoms with Crippen LogP contribution in [0, 0.1) is 0 Å². The molecule has 0 fully saturated rings. The first-order valence-electron chi connectivity index (χ1n) is 6.53. The normalized spacial score (nSPS) is 10.4. The van der Waals surface area contributed by atoms with Crippen LogP contribution < -0.4 is 0 Å². The number of carbonyl (C=O) groups is 1. The summed E-state index contributed by atoms with van der Waals surface area (Å²) in [5.41, 5.74) is 1.60. The molecule has 0 radical (unpaired) electrons. The first-order valence-corrected chi connectivity index (χ1v) is 6.53. The molecule has 0 N–H and O–H groups in total. The summed E-state index contributed by atoms with van der Waals surface area (Å²) in [4.78, 5) is 12.2. The highest BCUT2D eigenvalue weighted by atomic mass is 16.5. The topological polar surface area (TPSA) is 26.3 Å². The summed E-state index contributed by atoms with van der Waals surface area (Å²) in [7, 11) is 0. The minimum atomic E-state index is -0.286. The zero-order chi connectivity index (χ0) is 13.8. The van der Waals surface area contributed by atoms with Gasteiger partial charge in [0.15, 0.2) is 0 Å². The molecule has 3 aromatic rings. The van der Waals surface area contributed by atoms with Gasteiger partial charge >= 0.3 is 5.97 Å². The Morgan fingerprint density at radius 1 is 0.800 bits per heavy atom. The van der Waals surface area contributed by atoms with E-state index in [4.69, 9.17) is 4.74 Å². The molecule has 0 saturated heterocycles. The lowest BCUT2D eigenvalue weighted by Crippen LogP contribution is -2.05. The van der Waals surface area contributed by atoms with Crippen LogP contribution in [0.2, 0.25) is 0 Å². The molecule has 0 aliphatic rings. The van der Waals surface area contributed by atoms with Crippen molar-refractivity contribution in [3.63, 3.8) is 0 Å². The summed E-state index contributed by atoms with van der Waals surface area (Å²) in [6.07, 6.45) is 0. The molecule has 0 aromatic heterocycles. The van der Waals surface area contributed by atoms with Crippen LogP contribution in [0.1, 0.15) is 15.9 Å². The fraction of sp³-hybridized carbons (Fsp3) is 0.0556. The number of rotatable bonds is 3. The number of benzene rings is 3. The van der Waals surface area contributed by atoms with Crippen LogP contribution in [-0.4, -0.2) is 5.97 Å². The molecule has 0 atom stereocenters. The van der Waals surface area contributed by atoms with Gasteiger partial charge in [0, 0.05) is 0 Å². The van der Waals surface area contributed by atoms with E-state index in [0.29, 0.717) is 12.2 Å².